The van der Waals surface area contributed by atoms with Crippen molar-refractivity contribution in [2.45, 2.75) is 38.4 Å². The van der Waals surface area contributed by atoms with Crippen molar-refractivity contribution in [3.05, 3.63) is 0 Å². The van der Waals surface area contributed by atoms with Gasteiger partial charge >= 0.3 is 5.97 Å². The first-order valence-corrected chi connectivity index (χ1v) is 6.67. The van der Waals surface area contributed by atoms with Crippen LogP contribution in [0.15, 0.2) is 0 Å². The van der Waals surface area contributed by atoms with Crippen LogP contribution in [-0.4, -0.2) is 72.1 Å². The van der Waals surface area contributed by atoms with E-state index in [0.717, 1.165) is 0 Å². The summed E-state index contributed by atoms with van der Waals surface area (Å²) in [5, 5.41) is 8.95. The van der Waals surface area contributed by atoms with Crippen LogP contribution in [0.4, 0.5) is 0 Å². The largest absolute Gasteiger partial charge is 0.479 e. The van der Waals surface area contributed by atoms with Crippen LogP contribution in [0.3, 0.4) is 0 Å². The summed E-state index contributed by atoms with van der Waals surface area (Å²) in [7, 11) is 3.34. The maximum atomic E-state index is 12.0. The Hall–Kier alpha value is -1.63. The molecule has 1 unspecified atom stereocenters. The van der Waals surface area contributed by atoms with Crippen LogP contribution >= 0.6 is 0 Å². The summed E-state index contributed by atoms with van der Waals surface area (Å²) in [5.41, 5.74) is 0. The van der Waals surface area contributed by atoms with E-state index in [1.807, 2.05) is 0 Å². The van der Waals surface area contributed by atoms with Crippen molar-refractivity contribution >= 4 is 17.8 Å². The standard InChI is InChI=1S/C13H22N2O5/c1-9-7-15(8-10(20-9)13(18)19)12(17)6-4-5-11(16)14(2)3/h9-10H,4-8H2,1-3H3,(H,18,19)/t9-,10?/m1/s1. The van der Waals surface area contributed by atoms with E-state index in [-0.39, 0.29) is 30.9 Å². The summed E-state index contributed by atoms with van der Waals surface area (Å²) in [6, 6.07) is 0. The van der Waals surface area contributed by atoms with Gasteiger partial charge in [-0.05, 0) is 13.3 Å². The average Bonchev–Trinajstić information content (AvgIpc) is 2.37. The molecular formula is C13H22N2O5. The number of carbonyl (C=O) groups excluding carboxylic acids is 2. The van der Waals surface area contributed by atoms with E-state index in [1.54, 1.807) is 21.0 Å². The zero-order chi connectivity index (χ0) is 15.3. The molecule has 0 spiro atoms. The fourth-order valence-electron chi connectivity index (χ4n) is 2.06. The molecule has 1 aliphatic heterocycles. The third kappa shape index (κ3) is 4.80. The molecule has 1 fully saturated rings. The van der Waals surface area contributed by atoms with Crippen molar-refractivity contribution in [1.82, 2.24) is 9.80 Å². The van der Waals surface area contributed by atoms with Crippen molar-refractivity contribution in [1.29, 1.82) is 0 Å². The van der Waals surface area contributed by atoms with Gasteiger partial charge in [0.15, 0.2) is 6.10 Å². The fourth-order valence-corrected chi connectivity index (χ4v) is 2.06. The second kappa shape index (κ2) is 7.23. The zero-order valence-electron chi connectivity index (χ0n) is 12.2. The molecule has 2 atom stereocenters. The molecule has 0 radical (unpaired) electrons. The van der Waals surface area contributed by atoms with E-state index < -0.39 is 12.1 Å². The highest BCUT2D eigenvalue weighted by atomic mass is 16.5. The summed E-state index contributed by atoms with van der Waals surface area (Å²) in [6.45, 7) is 2.20. The fraction of sp³-hybridized carbons (Fsp3) is 0.769. The summed E-state index contributed by atoms with van der Waals surface area (Å²) < 4.78 is 5.25. The molecular weight excluding hydrogens is 264 g/mol. The Morgan fingerprint density at radius 1 is 1.25 bits per heavy atom. The third-order valence-corrected chi connectivity index (χ3v) is 3.17. The van der Waals surface area contributed by atoms with Crippen LogP contribution in [0, 0.1) is 0 Å². The lowest BCUT2D eigenvalue weighted by Gasteiger charge is -2.35. The number of aliphatic carboxylic acids is 1. The lowest BCUT2D eigenvalue weighted by Crippen LogP contribution is -2.51. The van der Waals surface area contributed by atoms with Gasteiger partial charge in [-0.1, -0.05) is 0 Å². The minimum atomic E-state index is -1.06. The van der Waals surface area contributed by atoms with Crippen molar-refractivity contribution < 1.29 is 24.2 Å². The normalized spacial score (nSPS) is 22.4. The predicted molar refractivity (Wildman–Crippen MR) is 71.1 cm³/mol. The SMILES string of the molecule is C[C@@H]1CN(C(=O)CCCC(=O)N(C)C)CC(C(=O)O)O1. The highest BCUT2D eigenvalue weighted by Crippen LogP contribution is 2.13. The first-order valence-electron chi connectivity index (χ1n) is 6.67. The van der Waals surface area contributed by atoms with Crippen LogP contribution in [-0.2, 0) is 19.1 Å². The molecule has 7 heteroatoms. The number of carboxylic acid groups (broad SMARTS) is 1. The monoisotopic (exact) mass is 286 g/mol. The van der Waals surface area contributed by atoms with E-state index in [2.05, 4.69) is 0 Å². The molecule has 1 heterocycles. The quantitative estimate of drug-likeness (QED) is 0.765. The van der Waals surface area contributed by atoms with Gasteiger partial charge in [-0.3, -0.25) is 9.59 Å². The molecule has 7 nitrogen and oxygen atoms in total. The highest BCUT2D eigenvalue weighted by molar-refractivity contribution is 5.80. The summed E-state index contributed by atoms with van der Waals surface area (Å²) in [6.07, 6.45) is -0.220. The number of hydrogen-bond acceptors (Lipinski definition) is 4. The Balaban J connectivity index is 2.42. The molecule has 0 saturated carbocycles. The van der Waals surface area contributed by atoms with E-state index in [1.165, 1.54) is 9.80 Å². The first kappa shape index (κ1) is 16.4. The van der Waals surface area contributed by atoms with E-state index >= 15 is 0 Å². The second-order valence-electron chi connectivity index (χ2n) is 5.21. The number of morpholine rings is 1. The summed E-state index contributed by atoms with van der Waals surface area (Å²) >= 11 is 0. The minimum Gasteiger partial charge on any atom is -0.479 e. The number of rotatable bonds is 5. The molecule has 1 N–H and O–H groups in total. The Morgan fingerprint density at radius 3 is 2.45 bits per heavy atom. The summed E-state index contributed by atoms with van der Waals surface area (Å²) in [4.78, 5) is 37.3. The van der Waals surface area contributed by atoms with Crippen molar-refractivity contribution in [3.63, 3.8) is 0 Å². The number of carbonyl (C=O) groups is 3. The van der Waals surface area contributed by atoms with Crippen molar-refractivity contribution in [2.75, 3.05) is 27.2 Å². The number of amides is 2. The molecule has 2 amide bonds. The Kier molecular flexibility index (Phi) is 5.94. The number of nitrogens with zero attached hydrogens (tertiary/aromatic N) is 2. The lowest BCUT2D eigenvalue weighted by atomic mass is 10.1. The Labute approximate surface area is 118 Å². The van der Waals surface area contributed by atoms with Crippen LogP contribution in [0.5, 0.6) is 0 Å². The van der Waals surface area contributed by atoms with Gasteiger partial charge in [0.25, 0.3) is 0 Å². The second-order valence-corrected chi connectivity index (χ2v) is 5.21. The first-order chi connectivity index (χ1) is 9.31. The van der Waals surface area contributed by atoms with Gasteiger partial charge in [-0.2, -0.15) is 0 Å². The maximum absolute atomic E-state index is 12.0. The van der Waals surface area contributed by atoms with Crippen LogP contribution < -0.4 is 0 Å². The van der Waals surface area contributed by atoms with Crippen molar-refractivity contribution in [2.24, 2.45) is 0 Å². The van der Waals surface area contributed by atoms with Crippen LogP contribution in [0.25, 0.3) is 0 Å². The van der Waals surface area contributed by atoms with Gasteiger partial charge < -0.3 is 19.6 Å². The third-order valence-electron chi connectivity index (χ3n) is 3.17. The Morgan fingerprint density at radius 2 is 1.90 bits per heavy atom. The number of ether oxygens (including phenoxy) is 1. The van der Waals surface area contributed by atoms with E-state index in [9.17, 15) is 14.4 Å². The van der Waals surface area contributed by atoms with Gasteiger partial charge in [-0.25, -0.2) is 4.79 Å². The van der Waals surface area contributed by atoms with Gasteiger partial charge in [0, 0.05) is 33.5 Å². The van der Waals surface area contributed by atoms with Crippen LogP contribution in [0.2, 0.25) is 0 Å². The van der Waals surface area contributed by atoms with Gasteiger partial charge in [-0.15, -0.1) is 0 Å². The van der Waals surface area contributed by atoms with E-state index in [4.69, 9.17) is 9.84 Å². The van der Waals surface area contributed by atoms with Crippen molar-refractivity contribution in [3.8, 4) is 0 Å². The number of hydrogen-bond donors (Lipinski definition) is 1. The maximum Gasteiger partial charge on any atom is 0.334 e. The summed E-state index contributed by atoms with van der Waals surface area (Å²) in [5.74, 6) is -1.20. The highest BCUT2D eigenvalue weighted by Gasteiger charge is 2.32. The molecule has 0 aromatic rings. The molecule has 0 bridgehead atoms. The minimum absolute atomic E-state index is 0.0171. The van der Waals surface area contributed by atoms with Crippen LogP contribution in [0.1, 0.15) is 26.2 Å². The van der Waals surface area contributed by atoms with Gasteiger partial charge in [0.1, 0.15) is 0 Å². The lowest BCUT2D eigenvalue weighted by molar-refractivity contribution is -0.166. The topological polar surface area (TPSA) is 87.2 Å². The molecule has 0 aromatic carbocycles. The predicted octanol–water partition coefficient (Wildman–Crippen LogP) is -0.0546. The number of carboxylic acids is 1. The smallest absolute Gasteiger partial charge is 0.334 e. The molecule has 0 aliphatic carbocycles. The van der Waals surface area contributed by atoms with Gasteiger partial charge in [0.2, 0.25) is 11.8 Å². The average molecular weight is 286 g/mol. The van der Waals surface area contributed by atoms with Gasteiger partial charge in [0.05, 0.1) is 12.6 Å². The Bertz CT molecular complexity index is 383. The molecule has 114 valence electrons. The molecule has 1 saturated heterocycles. The molecule has 1 aliphatic rings. The zero-order valence-corrected chi connectivity index (χ0v) is 12.2. The van der Waals surface area contributed by atoms with E-state index in [0.29, 0.717) is 19.4 Å². The molecule has 1 rings (SSSR count). The molecule has 20 heavy (non-hydrogen) atoms. The molecule has 0 aromatic heterocycles.